The number of hydrogen-bond donors (Lipinski definition) is 0. The van der Waals surface area contributed by atoms with Crippen molar-refractivity contribution in [1.82, 2.24) is 14.5 Å². The number of para-hydroxylation sites is 2. The smallest absolute Gasteiger partial charge is 0.160 e. The molecule has 10 aromatic carbocycles. The van der Waals surface area contributed by atoms with Crippen molar-refractivity contribution in [3.63, 3.8) is 0 Å². The maximum absolute atomic E-state index is 5.31. The van der Waals surface area contributed by atoms with Gasteiger partial charge in [0.2, 0.25) is 0 Å². The van der Waals surface area contributed by atoms with Crippen LogP contribution in [-0.2, 0) is 0 Å². The molecule has 314 valence electrons. The van der Waals surface area contributed by atoms with Gasteiger partial charge in [0.25, 0.3) is 0 Å². The van der Waals surface area contributed by atoms with Gasteiger partial charge in [0.15, 0.2) is 5.82 Å². The molecule has 0 amide bonds. The van der Waals surface area contributed by atoms with E-state index >= 15 is 0 Å². The van der Waals surface area contributed by atoms with Crippen molar-refractivity contribution in [3.8, 4) is 95.2 Å². The van der Waals surface area contributed by atoms with Crippen LogP contribution in [0.4, 0.5) is 0 Å². The van der Waals surface area contributed by atoms with Crippen molar-refractivity contribution in [3.05, 3.63) is 261 Å². The molecular weight excluding hydrogens is 811 g/mol. The standard InChI is InChI=1S/C64H43N3/c1-3-16-44(17-4-1)48-20-11-23-51(38-48)52-24-12-21-49(39-52)46-34-36-47(37-35-46)60-43-61(66-64(65-60)56-28-14-22-50(41-56)45-18-5-2-6-19-45)55-27-13-25-53(40-55)54-26-15-29-57(42-54)67-62-32-9-7-30-58(62)59-31-8-10-33-63(59)67/h1-43H. The molecule has 0 fully saturated rings. The molecule has 0 saturated heterocycles. The summed E-state index contributed by atoms with van der Waals surface area (Å²) < 4.78 is 2.37. The molecule has 0 bridgehead atoms. The van der Waals surface area contributed by atoms with Crippen LogP contribution in [0, 0.1) is 0 Å². The summed E-state index contributed by atoms with van der Waals surface area (Å²) in [5.41, 5.74) is 19.9. The molecule has 0 spiro atoms. The molecule has 0 aliphatic rings. The third-order valence-corrected chi connectivity index (χ3v) is 12.8. The van der Waals surface area contributed by atoms with Crippen molar-refractivity contribution in [2.24, 2.45) is 0 Å². The number of hydrogen-bond acceptors (Lipinski definition) is 2. The number of rotatable bonds is 9. The summed E-state index contributed by atoms with van der Waals surface area (Å²) in [6.45, 7) is 0. The van der Waals surface area contributed by atoms with Crippen LogP contribution in [0.2, 0.25) is 0 Å². The van der Waals surface area contributed by atoms with E-state index in [1.54, 1.807) is 0 Å². The Morgan fingerprint density at radius 3 is 1.10 bits per heavy atom. The second kappa shape index (κ2) is 17.2. The van der Waals surface area contributed by atoms with E-state index in [2.05, 4.69) is 259 Å². The average Bonchev–Trinajstić information content (AvgIpc) is 3.76. The third-order valence-electron chi connectivity index (χ3n) is 12.8. The van der Waals surface area contributed by atoms with Gasteiger partial charge in [-0.3, -0.25) is 0 Å². The Kier molecular flexibility index (Phi) is 10.2. The van der Waals surface area contributed by atoms with Gasteiger partial charge in [0.1, 0.15) is 0 Å². The highest BCUT2D eigenvalue weighted by Gasteiger charge is 2.15. The Labute approximate surface area is 390 Å². The second-order valence-corrected chi connectivity index (χ2v) is 17.0. The van der Waals surface area contributed by atoms with Crippen LogP contribution in [0.3, 0.4) is 0 Å². The maximum Gasteiger partial charge on any atom is 0.160 e. The largest absolute Gasteiger partial charge is 0.309 e. The van der Waals surface area contributed by atoms with E-state index in [0.717, 1.165) is 67.1 Å². The highest BCUT2D eigenvalue weighted by molar-refractivity contribution is 6.09. The van der Waals surface area contributed by atoms with Crippen LogP contribution >= 0.6 is 0 Å². The van der Waals surface area contributed by atoms with E-state index < -0.39 is 0 Å². The van der Waals surface area contributed by atoms with Gasteiger partial charge in [0, 0.05) is 33.2 Å². The normalized spacial score (nSPS) is 11.3. The van der Waals surface area contributed by atoms with Crippen LogP contribution in [0.5, 0.6) is 0 Å². The Bertz CT molecular complexity index is 3680. The van der Waals surface area contributed by atoms with Crippen molar-refractivity contribution in [2.75, 3.05) is 0 Å². The van der Waals surface area contributed by atoms with Gasteiger partial charge < -0.3 is 4.57 Å². The lowest BCUT2D eigenvalue weighted by molar-refractivity contribution is 1.18. The molecule has 0 N–H and O–H groups in total. The summed E-state index contributed by atoms with van der Waals surface area (Å²) in [6, 6.07) is 93.0. The zero-order chi connectivity index (χ0) is 44.5. The van der Waals surface area contributed by atoms with Crippen molar-refractivity contribution in [1.29, 1.82) is 0 Å². The molecule has 2 heterocycles. The molecule has 0 aliphatic heterocycles. The lowest BCUT2D eigenvalue weighted by atomic mass is 9.95. The monoisotopic (exact) mass is 853 g/mol. The first kappa shape index (κ1) is 39.7. The topological polar surface area (TPSA) is 30.7 Å². The van der Waals surface area contributed by atoms with Gasteiger partial charge in [-0.25, -0.2) is 9.97 Å². The number of aromatic nitrogens is 3. The zero-order valence-electron chi connectivity index (χ0n) is 36.7. The number of nitrogens with zero attached hydrogens (tertiary/aromatic N) is 3. The van der Waals surface area contributed by atoms with Crippen molar-refractivity contribution >= 4 is 21.8 Å². The molecule has 0 unspecified atom stereocenters. The summed E-state index contributed by atoms with van der Waals surface area (Å²) in [6.07, 6.45) is 0. The average molecular weight is 854 g/mol. The minimum absolute atomic E-state index is 0.679. The highest BCUT2D eigenvalue weighted by atomic mass is 15.0. The quantitative estimate of drug-likeness (QED) is 0.145. The lowest BCUT2D eigenvalue weighted by Gasteiger charge is -2.13. The molecule has 0 radical (unpaired) electrons. The molecular formula is C64H43N3. The molecule has 2 aromatic heterocycles. The lowest BCUT2D eigenvalue weighted by Crippen LogP contribution is -1.97. The third kappa shape index (κ3) is 7.79. The van der Waals surface area contributed by atoms with E-state index in [4.69, 9.17) is 9.97 Å². The number of fused-ring (bicyclic) bond motifs is 3. The zero-order valence-corrected chi connectivity index (χ0v) is 36.7. The Hall–Kier alpha value is -8.92. The molecule has 0 saturated carbocycles. The Morgan fingerprint density at radius 2 is 0.567 bits per heavy atom. The summed E-state index contributed by atoms with van der Waals surface area (Å²) in [5, 5.41) is 2.50. The highest BCUT2D eigenvalue weighted by Crippen LogP contribution is 2.36. The van der Waals surface area contributed by atoms with E-state index in [1.165, 1.54) is 44.1 Å². The predicted molar refractivity (Wildman–Crippen MR) is 280 cm³/mol. The molecule has 67 heavy (non-hydrogen) atoms. The van der Waals surface area contributed by atoms with Crippen molar-refractivity contribution < 1.29 is 0 Å². The molecule has 3 heteroatoms. The number of benzene rings is 10. The minimum atomic E-state index is 0.679. The van der Waals surface area contributed by atoms with Crippen LogP contribution in [0.15, 0.2) is 261 Å². The Balaban J connectivity index is 0.919. The molecule has 0 aliphatic carbocycles. The van der Waals surface area contributed by atoms with E-state index in [9.17, 15) is 0 Å². The molecule has 12 rings (SSSR count). The first-order valence-corrected chi connectivity index (χ1v) is 22.8. The van der Waals surface area contributed by atoms with E-state index in [1.807, 2.05) is 6.07 Å². The summed E-state index contributed by atoms with van der Waals surface area (Å²) in [4.78, 5) is 10.6. The molecule has 0 atom stereocenters. The fourth-order valence-electron chi connectivity index (χ4n) is 9.44. The van der Waals surface area contributed by atoms with Crippen LogP contribution in [-0.4, -0.2) is 14.5 Å². The van der Waals surface area contributed by atoms with Gasteiger partial charge in [-0.2, -0.15) is 0 Å². The second-order valence-electron chi connectivity index (χ2n) is 17.0. The predicted octanol–water partition coefficient (Wildman–Crippen LogP) is 16.9. The first-order chi connectivity index (χ1) is 33.2. The molecule has 3 nitrogen and oxygen atoms in total. The van der Waals surface area contributed by atoms with Gasteiger partial charge in [-0.15, -0.1) is 0 Å². The summed E-state index contributed by atoms with van der Waals surface area (Å²) in [7, 11) is 0. The fraction of sp³-hybridized carbons (Fsp3) is 0. The maximum atomic E-state index is 5.31. The van der Waals surface area contributed by atoms with Gasteiger partial charge in [0.05, 0.1) is 22.4 Å². The van der Waals surface area contributed by atoms with Gasteiger partial charge >= 0.3 is 0 Å². The van der Waals surface area contributed by atoms with Crippen LogP contribution in [0.1, 0.15) is 0 Å². The minimum Gasteiger partial charge on any atom is -0.309 e. The van der Waals surface area contributed by atoms with E-state index in [-0.39, 0.29) is 0 Å². The summed E-state index contributed by atoms with van der Waals surface area (Å²) >= 11 is 0. The fourth-order valence-corrected chi connectivity index (χ4v) is 9.44. The Morgan fingerprint density at radius 1 is 0.224 bits per heavy atom. The molecule has 12 aromatic rings. The van der Waals surface area contributed by atoms with Crippen LogP contribution in [0.25, 0.3) is 117 Å². The van der Waals surface area contributed by atoms with Gasteiger partial charge in [-0.1, -0.05) is 206 Å². The summed E-state index contributed by atoms with van der Waals surface area (Å²) in [5.74, 6) is 0.679. The van der Waals surface area contributed by atoms with E-state index in [0.29, 0.717) is 5.82 Å². The first-order valence-electron chi connectivity index (χ1n) is 22.8. The van der Waals surface area contributed by atoms with Gasteiger partial charge in [-0.05, 0) is 110 Å². The SMILES string of the molecule is c1ccc(-c2cccc(-c3cccc(-c4ccc(-c5cc(-c6cccc(-c7cccc(-n8c9ccccc9c9ccccc98)c7)c6)nc(-c6cccc(-c7ccccc7)c6)n5)cc4)c3)c2)cc1. The van der Waals surface area contributed by atoms with Crippen LogP contribution < -0.4 is 0 Å². The van der Waals surface area contributed by atoms with Crippen molar-refractivity contribution in [2.45, 2.75) is 0 Å².